The molecule has 0 aliphatic rings. The summed E-state index contributed by atoms with van der Waals surface area (Å²) in [6.07, 6.45) is 1.20. The summed E-state index contributed by atoms with van der Waals surface area (Å²) in [5, 5.41) is 45.7. The van der Waals surface area contributed by atoms with Crippen LogP contribution < -0.4 is 0 Å². The first-order valence-electron chi connectivity index (χ1n) is 10.9. The van der Waals surface area contributed by atoms with E-state index in [2.05, 4.69) is 4.74 Å². The number of carbonyl (C=O) groups is 5. The number of carboxylic acids is 4. The number of carboxylic acid groups (broad SMARTS) is 5. The van der Waals surface area contributed by atoms with Crippen LogP contribution in [0.4, 0.5) is 4.79 Å². The van der Waals surface area contributed by atoms with Crippen molar-refractivity contribution in [1.29, 1.82) is 0 Å². The summed E-state index contributed by atoms with van der Waals surface area (Å²) in [5.41, 5.74) is 1.32. The normalized spacial score (nSPS) is 13.1. The summed E-state index contributed by atoms with van der Waals surface area (Å²) in [7, 11) is 0. The molecule has 0 aromatic heterocycles. The number of hydrogen-bond acceptors (Lipinski definition) is 6. The molecule has 1 aromatic rings. The van der Waals surface area contributed by atoms with Gasteiger partial charge in [0, 0.05) is 18.6 Å². The third-order valence-electron chi connectivity index (χ3n) is 5.11. The zero-order valence-corrected chi connectivity index (χ0v) is 19.3. The van der Waals surface area contributed by atoms with Gasteiger partial charge in [0.2, 0.25) is 0 Å². The second-order valence-corrected chi connectivity index (χ2v) is 7.78. The van der Waals surface area contributed by atoms with Crippen molar-refractivity contribution >= 4 is 30.0 Å². The van der Waals surface area contributed by atoms with Crippen molar-refractivity contribution in [2.75, 3.05) is 0 Å². The monoisotopic (exact) mass is 504 g/mol. The maximum Gasteiger partial charge on any atom is 0.511 e. The molecule has 11 heteroatoms. The Morgan fingerprint density at radius 1 is 0.750 bits per heavy atom. The third-order valence-corrected chi connectivity index (χ3v) is 5.11. The van der Waals surface area contributed by atoms with E-state index in [1.165, 1.54) is 0 Å². The Balaban J connectivity index is 2.99. The molecular weight excluding hydrogens is 476 g/mol. The van der Waals surface area contributed by atoms with Gasteiger partial charge >= 0.3 is 30.0 Å². The van der Waals surface area contributed by atoms with Gasteiger partial charge in [-0.1, -0.05) is 35.9 Å². The van der Waals surface area contributed by atoms with Crippen LogP contribution in [-0.2, 0) is 30.3 Å². The minimum absolute atomic E-state index is 0.0404. The minimum atomic E-state index is -1.74. The SMILES string of the molecule is O=C(O)C=C(CCC(=CC(=O)O)OC(=O)O)CCC(=CC(=O)O)C(CCCc1ccccc1)C(=O)O. The summed E-state index contributed by atoms with van der Waals surface area (Å²) >= 11 is 0. The molecule has 0 fully saturated rings. The van der Waals surface area contributed by atoms with Gasteiger partial charge in [-0.2, -0.15) is 0 Å². The fourth-order valence-corrected chi connectivity index (χ4v) is 3.56. The van der Waals surface area contributed by atoms with E-state index in [4.69, 9.17) is 15.3 Å². The molecule has 0 saturated heterocycles. The summed E-state index contributed by atoms with van der Waals surface area (Å²) in [6, 6.07) is 9.36. The molecule has 0 spiro atoms. The highest BCUT2D eigenvalue weighted by atomic mass is 16.7. The van der Waals surface area contributed by atoms with Gasteiger partial charge < -0.3 is 30.3 Å². The van der Waals surface area contributed by atoms with Crippen LogP contribution in [-0.4, -0.2) is 55.6 Å². The molecule has 11 nitrogen and oxygen atoms in total. The topological polar surface area (TPSA) is 196 Å². The average molecular weight is 504 g/mol. The number of ether oxygens (including phenoxy) is 1. The molecule has 0 aliphatic heterocycles. The van der Waals surface area contributed by atoms with Crippen LogP contribution >= 0.6 is 0 Å². The molecule has 1 rings (SSSR count). The molecule has 0 amide bonds. The smallest absolute Gasteiger partial charge is 0.481 e. The van der Waals surface area contributed by atoms with Crippen LogP contribution in [0.1, 0.15) is 44.1 Å². The van der Waals surface area contributed by atoms with Crippen molar-refractivity contribution in [3.05, 3.63) is 71.0 Å². The summed E-state index contributed by atoms with van der Waals surface area (Å²) in [5.74, 6) is -6.85. The third kappa shape index (κ3) is 12.7. The molecule has 0 aliphatic carbocycles. The summed E-state index contributed by atoms with van der Waals surface area (Å²) in [4.78, 5) is 56.2. The molecule has 36 heavy (non-hydrogen) atoms. The lowest BCUT2D eigenvalue weighted by atomic mass is 9.87. The van der Waals surface area contributed by atoms with E-state index in [0.29, 0.717) is 18.9 Å². The fraction of sp³-hybridized carbons (Fsp3) is 0.320. The van der Waals surface area contributed by atoms with Gasteiger partial charge in [-0.15, -0.1) is 0 Å². The van der Waals surface area contributed by atoms with E-state index in [1.54, 1.807) is 0 Å². The second-order valence-electron chi connectivity index (χ2n) is 7.78. The number of aliphatic carboxylic acids is 4. The molecule has 0 saturated carbocycles. The number of benzene rings is 1. The Labute approximate surface area is 206 Å². The van der Waals surface area contributed by atoms with E-state index >= 15 is 0 Å². The predicted molar refractivity (Wildman–Crippen MR) is 125 cm³/mol. The number of allylic oxidation sites excluding steroid dienone is 2. The maximum absolute atomic E-state index is 11.9. The van der Waals surface area contributed by atoms with Gasteiger partial charge in [0.25, 0.3) is 0 Å². The lowest BCUT2D eigenvalue weighted by Gasteiger charge is -2.17. The molecule has 1 aromatic carbocycles. The van der Waals surface area contributed by atoms with E-state index in [9.17, 15) is 34.2 Å². The van der Waals surface area contributed by atoms with Crippen molar-refractivity contribution in [2.24, 2.45) is 5.92 Å². The molecule has 0 bridgehead atoms. The first-order chi connectivity index (χ1) is 17.0. The number of rotatable bonds is 16. The van der Waals surface area contributed by atoms with Gasteiger partial charge in [0.1, 0.15) is 5.76 Å². The molecular formula is C25H28O11. The van der Waals surface area contributed by atoms with Crippen LogP contribution in [0.3, 0.4) is 0 Å². The molecule has 194 valence electrons. The highest BCUT2D eigenvalue weighted by Gasteiger charge is 2.23. The van der Waals surface area contributed by atoms with E-state index in [1.807, 2.05) is 30.3 Å². The van der Waals surface area contributed by atoms with E-state index < -0.39 is 41.7 Å². The highest BCUT2D eigenvalue weighted by molar-refractivity contribution is 5.84. The van der Waals surface area contributed by atoms with Crippen LogP contribution in [0.2, 0.25) is 0 Å². The zero-order chi connectivity index (χ0) is 27.1. The second kappa shape index (κ2) is 15.5. The van der Waals surface area contributed by atoms with Gasteiger partial charge in [-0.25, -0.2) is 19.2 Å². The fourth-order valence-electron chi connectivity index (χ4n) is 3.56. The lowest BCUT2D eigenvalue weighted by Crippen LogP contribution is -2.18. The Kier molecular flexibility index (Phi) is 12.7. The Morgan fingerprint density at radius 3 is 1.86 bits per heavy atom. The Hall–Kier alpha value is -4.41. The van der Waals surface area contributed by atoms with Crippen LogP contribution in [0.15, 0.2) is 65.5 Å². The Bertz CT molecular complexity index is 1040. The predicted octanol–water partition coefficient (Wildman–Crippen LogP) is 3.96. The van der Waals surface area contributed by atoms with E-state index in [0.717, 1.165) is 17.7 Å². The Morgan fingerprint density at radius 2 is 1.33 bits per heavy atom. The first-order valence-corrected chi connectivity index (χ1v) is 10.9. The van der Waals surface area contributed by atoms with Gasteiger partial charge in [-0.3, -0.25) is 4.79 Å². The van der Waals surface area contributed by atoms with Crippen molar-refractivity contribution < 1.29 is 54.2 Å². The standard InChI is InChI=1S/C25H28O11/c26-21(27)13-17(10-12-19(15-23(30)31)36-25(34)35)9-11-18(14-22(28)29)20(24(32)33)8-4-7-16-5-2-1-3-6-16/h1-3,5-6,13-15,20H,4,7-12H2,(H,26,27)(H,28,29)(H,30,31)(H,32,33)(H,34,35). The highest BCUT2D eigenvalue weighted by Crippen LogP contribution is 2.27. The van der Waals surface area contributed by atoms with Gasteiger partial charge in [0.05, 0.1) is 12.0 Å². The van der Waals surface area contributed by atoms with Gasteiger partial charge in [0.15, 0.2) is 0 Å². The van der Waals surface area contributed by atoms with Crippen molar-refractivity contribution in [3.8, 4) is 0 Å². The molecule has 5 N–H and O–H groups in total. The molecule has 1 unspecified atom stereocenters. The molecule has 1 atom stereocenters. The summed E-state index contributed by atoms with van der Waals surface area (Å²) < 4.78 is 4.40. The van der Waals surface area contributed by atoms with Crippen molar-refractivity contribution in [2.45, 2.75) is 44.9 Å². The lowest BCUT2D eigenvalue weighted by molar-refractivity contribution is -0.140. The number of aryl methyl sites for hydroxylation is 1. The van der Waals surface area contributed by atoms with Crippen molar-refractivity contribution in [1.82, 2.24) is 0 Å². The maximum atomic E-state index is 11.9. The first kappa shape index (κ1) is 29.6. The van der Waals surface area contributed by atoms with Crippen LogP contribution in [0.5, 0.6) is 0 Å². The van der Waals surface area contributed by atoms with Crippen LogP contribution in [0, 0.1) is 5.92 Å². The van der Waals surface area contributed by atoms with E-state index in [-0.39, 0.29) is 43.3 Å². The largest absolute Gasteiger partial charge is 0.511 e. The summed E-state index contributed by atoms with van der Waals surface area (Å²) in [6.45, 7) is 0. The zero-order valence-electron chi connectivity index (χ0n) is 19.3. The minimum Gasteiger partial charge on any atom is -0.481 e. The van der Waals surface area contributed by atoms with Gasteiger partial charge in [-0.05, 0) is 49.7 Å². The quantitative estimate of drug-likeness (QED) is 0.124. The van der Waals surface area contributed by atoms with Crippen LogP contribution in [0.25, 0.3) is 0 Å². The van der Waals surface area contributed by atoms with Crippen molar-refractivity contribution in [3.63, 3.8) is 0 Å². The number of hydrogen-bond donors (Lipinski definition) is 5. The average Bonchev–Trinajstić information content (AvgIpc) is 2.76. The molecule has 0 radical (unpaired) electrons. The molecule has 0 heterocycles.